The SMILES string of the molecule is O=C(O)c1ccc(CSCC(O)CO)c(F)c1. The molecule has 1 rings (SSSR count). The summed E-state index contributed by atoms with van der Waals surface area (Å²) in [5.41, 5.74) is 0.289. The molecule has 94 valence electrons. The van der Waals surface area contributed by atoms with E-state index in [1.807, 2.05) is 0 Å². The summed E-state index contributed by atoms with van der Waals surface area (Å²) in [7, 11) is 0. The van der Waals surface area contributed by atoms with Crippen molar-refractivity contribution in [1.82, 2.24) is 0 Å². The first kappa shape index (κ1) is 14.0. The minimum Gasteiger partial charge on any atom is -0.478 e. The molecule has 0 fully saturated rings. The van der Waals surface area contributed by atoms with Gasteiger partial charge in [0.1, 0.15) is 5.82 Å². The van der Waals surface area contributed by atoms with Crippen molar-refractivity contribution in [3.8, 4) is 0 Å². The van der Waals surface area contributed by atoms with E-state index in [1.165, 1.54) is 23.9 Å². The molecule has 17 heavy (non-hydrogen) atoms. The van der Waals surface area contributed by atoms with Crippen LogP contribution in [0.2, 0.25) is 0 Å². The van der Waals surface area contributed by atoms with Crippen LogP contribution in [0.5, 0.6) is 0 Å². The summed E-state index contributed by atoms with van der Waals surface area (Å²) in [6.45, 7) is -0.326. The van der Waals surface area contributed by atoms with Crippen LogP contribution in [-0.2, 0) is 5.75 Å². The molecule has 1 atom stereocenters. The van der Waals surface area contributed by atoms with Crippen molar-refractivity contribution in [3.05, 3.63) is 35.1 Å². The fourth-order valence-corrected chi connectivity index (χ4v) is 2.10. The zero-order valence-corrected chi connectivity index (χ0v) is 9.78. The van der Waals surface area contributed by atoms with Crippen molar-refractivity contribution in [2.24, 2.45) is 0 Å². The van der Waals surface area contributed by atoms with Crippen LogP contribution in [0.25, 0.3) is 0 Å². The average Bonchev–Trinajstić information content (AvgIpc) is 2.30. The number of carboxylic acid groups (broad SMARTS) is 1. The molecule has 0 aromatic heterocycles. The van der Waals surface area contributed by atoms with E-state index in [0.717, 1.165) is 6.07 Å². The van der Waals surface area contributed by atoms with Crippen molar-refractivity contribution < 1.29 is 24.5 Å². The van der Waals surface area contributed by atoms with Gasteiger partial charge in [-0.25, -0.2) is 9.18 Å². The van der Waals surface area contributed by atoms with Crippen molar-refractivity contribution >= 4 is 17.7 Å². The zero-order chi connectivity index (χ0) is 12.8. The van der Waals surface area contributed by atoms with E-state index < -0.39 is 17.9 Å². The molecule has 3 N–H and O–H groups in total. The fraction of sp³-hybridized carbons (Fsp3) is 0.364. The number of carbonyl (C=O) groups is 1. The highest BCUT2D eigenvalue weighted by Gasteiger charge is 2.09. The molecule has 4 nitrogen and oxygen atoms in total. The first-order valence-electron chi connectivity index (χ1n) is 4.93. The van der Waals surface area contributed by atoms with Crippen LogP contribution in [0.4, 0.5) is 4.39 Å². The highest BCUT2D eigenvalue weighted by atomic mass is 32.2. The van der Waals surface area contributed by atoms with E-state index in [1.54, 1.807) is 0 Å². The topological polar surface area (TPSA) is 77.8 Å². The van der Waals surface area contributed by atoms with E-state index in [2.05, 4.69) is 0 Å². The minimum absolute atomic E-state index is 0.0911. The van der Waals surface area contributed by atoms with Gasteiger partial charge in [0.25, 0.3) is 0 Å². The second-order valence-electron chi connectivity index (χ2n) is 3.46. The Morgan fingerprint density at radius 1 is 1.47 bits per heavy atom. The fourth-order valence-electron chi connectivity index (χ4n) is 1.16. The molecule has 1 unspecified atom stereocenters. The van der Waals surface area contributed by atoms with Crippen LogP contribution in [0.3, 0.4) is 0 Å². The highest BCUT2D eigenvalue weighted by molar-refractivity contribution is 7.98. The predicted molar refractivity (Wildman–Crippen MR) is 62.6 cm³/mol. The summed E-state index contributed by atoms with van der Waals surface area (Å²) in [5.74, 6) is -1.12. The number of aromatic carboxylic acids is 1. The van der Waals surface area contributed by atoms with E-state index in [-0.39, 0.29) is 12.2 Å². The monoisotopic (exact) mass is 260 g/mol. The number of rotatable bonds is 6. The summed E-state index contributed by atoms with van der Waals surface area (Å²) in [6.07, 6.45) is -0.818. The lowest BCUT2D eigenvalue weighted by Gasteiger charge is -2.07. The van der Waals surface area contributed by atoms with Gasteiger partial charge in [-0.2, -0.15) is 11.8 Å². The highest BCUT2D eigenvalue weighted by Crippen LogP contribution is 2.17. The Hall–Kier alpha value is -1.11. The second kappa shape index (κ2) is 6.58. The van der Waals surface area contributed by atoms with E-state index in [4.69, 9.17) is 15.3 Å². The number of hydrogen-bond acceptors (Lipinski definition) is 4. The number of aliphatic hydroxyl groups is 2. The Labute approximate surface area is 102 Å². The van der Waals surface area contributed by atoms with Gasteiger partial charge in [-0.3, -0.25) is 0 Å². The van der Waals surface area contributed by atoms with Crippen LogP contribution in [0.15, 0.2) is 18.2 Å². The van der Waals surface area contributed by atoms with Crippen LogP contribution >= 0.6 is 11.8 Å². The molecule has 1 aromatic rings. The number of carboxylic acids is 1. The summed E-state index contributed by atoms with van der Waals surface area (Å²) < 4.78 is 13.4. The Balaban J connectivity index is 2.57. The van der Waals surface area contributed by atoms with Crippen LogP contribution in [0, 0.1) is 5.82 Å². The van der Waals surface area contributed by atoms with Crippen LogP contribution in [-0.4, -0.2) is 39.8 Å². The summed E-state index contributed by atoms with van der Waals surface area (Å²) in [4.78, 5) is 10.6. The van der Waals surface area contributed by atoms with Gasteiger partial charge in [0.05, 0.1) is 18.3 Å². The Morgan fingerprint density at radius 2 is 2.18 bits per heavy atom. The Morgan fingerprint density at radius 3 is 2.71 bits per heavy atom. The molecule has 0 saturated carbocycles. The van der Waals surface area contributed by atoms with Gasteiger partial charge in [-0.1, -0.05) is 6.07 Å². The lowest BCUT2D eigenvalue weighted by Crippen LogP contribution is -2.14. The number of halogens is 1. The third-order valence-corrected chi connectivity index (χ3v) is 3.21. The van der Waals surface area contributed by atoms with E-state index in [9.17, 15) is 9.18 Å². The third kappa shape index (κ3) is 4.33. The molecule has 0 aliphatic carbocycles. The quantitative estimate of drug-likeness (QED) is 0.714. The maximum atomic E-state index is 13.4. The largest absolute Gasteiger partial charge is 0.478 e. The first-order chi connectivity index (χ1) is 8.04. The van der Waals surface area contributed by atoms with Gasteiger partial charge < -0.3 is 15.3 Å². The van der Waals surface area contributed by atoms with Gasteiger partial charge >= 0.3 is 5.97 Å². The smallest absolute Gasteiger partial charge is 0.335 e. The molecule has 0 heterocycles. The lowest BCUT2D eigenvalue weighted by atomic mass is 10.1. The molecule has 0 saturated heterocycles. The molecule has 0 radical (unpaired) electrons. The molecule has 0 bridgehead atoms. The van der Waals surface area contributed by atoms with Gasteiger partial charge in [0, 0.05) is 11.5 Å². The third-order valence-electron chi connectivity index (χ3n) is 2.08. The molecular weight excluding hydrogens is 247 g/mol. The average molecular weight is 260 g/mol. The van der Waals surface area contributed by atoms with E-state index >= 15 is 0 Å². The van der Waals surface area contributed by atoms with Crippen LogP contribution < -0.4 is 0 Å². The standard InChI is InChI=1S/C11H13FO4S/c12-10-3-7(11(15)16)1-2-8(10)5-17-6-9(14)4-13/h1-3,9,13-14H,4-6H2,(H,15,16). The number of thioether (sulfide) groups is 1. The molecule has 0 aliphatic rings. The summed E-state index contributed by atoms with van der Waals surface area (Å²) in [6, 6.07) is 3.72. The molecule has 0 amide bonds. The predicted octanol–water partition coefficient (Wildman–Crippen LogP) is 1.11. The Kier molecular flexibility index (Phi) is 5.40. The molecule has 0 spiro atoms. The van der Waals surface area contributed by atoms with Crippen molar-refractivity contribution in [3.63, 3.8) is 0 Å². The van der Waals surface area contributed by atoms with Gasteiger partial charge in [0.15, 0.2) is 0 Å². The number of hydrogen-bond donors (Lipinski definition) is 3. The molecule has 0 aliphatic heterocycles. The molecular formula is C11H13FO4S. The van der Waals surface area contributed by atoms with Crippen molar-refractivity contribution in [1.29, 1.82) is 0 Å². The van der Waals surface area contributed by atoms with Crippen molar-refractivity contribution in [2.75, 3.05) is 12.4 Å². The van der Waals surface area contributed by atoms with E-state index in [0.29, 0.717) is 17.1 Å². The first-order valence-corrected chi connectivity index (χ1v) is 6.08. The summed E-state index contributed by atoms with van der Waals surface area (Å²) in [5, 5.41) is 26.3. The van der Waals surface area contributed by atoms with Gasteiger partial charge in [0.2, 0.25) is 0 Å². The van der Waals surface area contributed by atoms with Gasteiger partial charge in [-0.15, -0.1) is 0 Å². The second-order valence-corrected chi connectivity index (χ2v) is 4.49. The molecule has 1 aromatic carbocycles. The normalized spacial score (nSPS) is 12.4. The Bertz CT molecular complexity index is 397. The maximum Gasteiger partial charge on any atom is 0.335 e. The lowest BCUT2D eigenvalue weighted by molar-refractivity contribution is 0.0696. The maximum absolute atomic E-state index is 13.4. The summed E-state index contributed by atoms with van der Waals surface area (Å²) >= 11 is 1.27. The minimum atomic E-state index is -1.17. The molecule has 6 heteroatoms. The zero-order valence-electron chi connectivity index (χ0n) is 8.97. The van der Waals surface area contributed by atoms with Crippen LogP contribution in [0.1, 0.15) is 15.9 Å². The van der Waals surface area contributed by atoms with Gasteiger partial charge in [-0.05, 0) is 17.7 Å². The van der Waals surface area contributed by atoms with Crippen molar-refractivity contribution in [2.45, 2.75) is 11.9 Å². The number of benzene rings is 1. The number of aliphatic hydroxyl groups excluding tert-OH is 2.